The highest BCUT2D eigenvalue weighted by atomic mass is 16.8. The van der Waals surface area contributed by atoms with Crippen LogP contribution in [0.3, 0.4) is 0 Å². The molecule has 0 saturated heterocycles. The zero-order chi connectivity index (χ0) is 6.85. The Balaban J connectivity index is 2.69. The zero-order valence-corrected chi connectivity index (χ0v) is 5.64. The van der Waals surface area contributed by atoms with E-state index in [4.69, 9.17) is 10.7 Å². The van der Waals surface area contributed by atoms with Crippen molar-refractivity contribution in [1.29, 1.82) is 0 Å². The van der Waals surface area contributed by atoms with E-state index in [2.05, 4.69) is 5.48 Å². The molecule has 0 aliphatic carbocycles. The van der Waals surface area contributed by atoms with Crippen molar-refractivity contribution in [3.05, 3.63) is 11.4 Å². The van der Waals surface area contributed by atoms with Gasteiger partial charge in [-0.2, -0.15) is 4.94 Å². The van der Waals surface area contributed by atoms with Crippen LogP contribution in [0.4, 0.5) is 0 Å². The molecular formula is C5H11N3O. The highest BCUT2D eigenvalue weighted by Gasteiger charge is 2.14. The molecule has 3 N–H and O–H groups in total. The Morgan fingerprint density at radius 2 is 2.44 bits per heavy atom. The van der Waals surface area contributed by atoms with Crippen molar-refractivity contribution < 1.29 is 4.94 Å². The van der Waals surface area contributed by atoms with Gasteiger partial charge in [0.2, 0.25) is 0 Å². The molecule has 0 aromatic heterocycles. The molecule has 0 aromatic carbocycles. The van der Waals surface area contributed by atoms with Crippen molar-refractivity contribution in [1.82, 2.24) is 10.5 Å². The van der Waals surface area contributed by atoms with Crippen molar-refractivity contribution >= 4 is 0 Å². The molecule has 0 unspecified atom stereocenters. The topological polar surface area (TPSA) is 50.5 Å². The number of hydrogen-bond acceptors (Lipinski definition) is 4. The molecule has 0 amide bonds. The molecule has 0 aromatic rings. The minimum absolute atomic E-state index is 0.509. The lowest BCUT2D eigenvalue weighted by Gasteiger charge is -2.09. The molecule has 52 valence electrons. The lowest BCUT2D eigenvalue weighted by atomic mass is 10.3. The quantitative estimate of drug-likeness (QED) is 0.504. The van der Waals surface area contributed by atoms with E-state index in [0.29, 0.717) is 6.54 Å². The van der Waals surface area contributed by atoms with Gasteiger partial charge in [-0.05, 0) is 6.92 Å². The van der Waals surface area contributed by atoms with Crippen LogP contribution in [-0.4, -0.2) is 18.7 Å². The van der Waals surface area contributed by atoms with Gasteiger partial charge in [-0.1, -0.05) is 0 Å². The maximum absolute atomic E-state index is 5.40. The average molecular weight is 129 g/mol. The fourth-order valence-electron chi connectivity index (χ4n) is 0.769. The summed E-state index contributed by atoms with van der Waals surface area (Å²) >= 11 is 0. The Labute approximate surface area is 54.2 Å². The van der Waals surface area contributed by atoms with Crippen LogP contribution in [-0.2, 0) is 4.94 Å². The maximum Gasteiger partial charge on any atom is 0.0777 e. The summed E-state index contributed by atoms with van der Waals surface area (Å²) in [6.07, 6.45) is 0. The van der Waals surface area contributed by atoms with Crippen LogP contribution >= 0.6 is 0 Å². The molecule has 0 fully saturated rings. The fraction of sp³-hybridized carbons (Fsp3) is 0.600. The molecule has 1 heterocycles. The standard InChI is InChI=1S/C5H11N3O/c1-4-5(3-6)8(2)9-7-4/h7H,3,6H2,1-2H3. The third-order valence-electron chi connectivity index (χ3n) is 1.34. The predicted octanol–water partition coefficient (Wildman–Crippen LogP) is -0.442. The van der Waals surface area contributed by atoms with Crippen molar-refractivity contribution in [3.63, 3.8) is 0 Å². The van der Waals surface area contributed by atoms with Gasteiger partial charge in [0.25, 0.3) is 0 Å². The summed E-state index contributed by atoms with van der Waals surface area (Å²) in [7, 11) is 1.81. The molecule has 4 nitrogen and oxygen atoms in total. The lowest BCUT2D eigenvalue weighted by molar-refractivity contribution is -0.133. The normalized spacial score (nSPS) is 18.8. The number of hydroxylamine groups is 3. The molecule has 0 radical (unpaired) electrons. The molecule has 9 heavy (non-hydrogen) atoms. The van der Waals surface area contributed by atoms with E-state index in [1.165, 1.54) is 0 Å². The first-order chi connectivity index (χ1) is 4.25. The van der Waals surface area contributed by atoms with E-state index in [1.807, 2.05) is 14.0 Å². The van der Waals surface area contributed by atoms with Crippen LogP contribution in [0.5, 0.6) is 0 Å². The van der Waals surface area contributed by atoms with Crippen LogP contribution in [0, 0.1) is 0 Å². The molecule has 0 bridgehead atoms. The molecule has 0 saturated carbocycles. The Bertz CT molecular complexity index is 143. The third kappa shape index (κ3) is 0.988. The van der Waals surface area contributed by atoms with Crippen molar-refractivity contribution in [2.45, 2.75) is 6.92 Å². The minimum atomic E-state index is 0.509. The van der Waals surface area contributed by atoms with Gasteiger partial charge in [0.1, 0.15) is 0 Å². The molecule has 1 rings (SSSR count). The van der Waals surface area contributed by atoms with Crippen LogP contribution in [0.1, 0.15) is 6.92 Å². The van der Waals surface area contributed by atoms with E-state index >= 15 is 0 Å². The van der Waals surface area contributed by atoms with Crippen molar-refractivity contribution in [2.24, 2.45) is 5.73 Å². The van der Waals surface area contributed by atoms with Crippen molar-refractivity contribution in [3.8, 4) is 0 Å². The fourth-order valence-corrected chi connectivity index (χ4v) is 0.769. The molecular weight excluding hydrogens is 118 g/mol. The van der Waals surface area contributed by atoms with Gasteiger partial charge in [0, 0.05) is 13.6 Å². The van der Waals surface area contributed by atoms with Gasteiger partial charge in [0.05, 0.1) is 11.4 Å². The predicted molar refractivity (Wildman–Crippen MR) is 33.7 cm³/mol. The Kier molecular flexibility index (Phi) is 1.59. The van der Waals surface area contributed by atoms with Crippen LogP contribution in [0.25, 0.3) is 0 Å². The van der Waals surface area contributed by atoms with E-state index in [9.17, 15) is 0 Å². The molecule has 4 heteroatoms. The molecule has 1 aliphatic rings. The van der Waals surface area contributed by atoms with Gasteiger partial charge >= 0.3 is 0 Å². The van der Waals surface area contributed by atoms with Gasteiger partial charge < -0.3 is 5.73 Å². The SMILES string of the molecule is CC1=C(CN)N(C)ON1. The lowest BCUT2D eigenvalue weighted by Crippen LogP contribution is -2.19. The minimum Gasteiger partial charge on any atom is -0.325 e. The first kappa shape index (κ1) is 6.38. The highest BCUT2D eigenvalue weighted by molar-refractivity contribution is 5.09. The Morgan fingerprint density at radius 3 is 2.67 bits per heavy atom. The van der Waals surface area contributed by atoms with Gasteiger partial charge in [-0.25, -0.2) is 10.5 Å². The van der Waals surface area contributed by atoms with E-state index in [1.54, 1.807) is 5.06 Å². The van der Waals surface area contributed by atoms with Gasteiger partial charge in [-0.3, -0.25) is 0 Å². The Hall–Kier alpha value is -0.740. The first-order valence-corrected chi connectivity index (χ1v) is 2.82. The summed E-state index contributed by atoms with van der Waals surface area (Å²) in [5.41, 5.74) is 10.1. The second-order valence-electron chi connectivity index (χ2n) is 1.97. The van der Waals surface area contributed by atoms with Crippen LogP contribution in [0.15, 0.2) is 11.4 Å². The number of nitrogens with two attached hydrogens (primary N) is 1. The number of allylic oxidation sites excluding steroid dienone is 1. The van der Waals surface area contributed by atoms with Gasteiger partial charge in [0.15, 0.2) is 0 Å². The molecule has 0 spiro atoms. The second kappa shape index (κ2) is 2.24. The number of hydrogen-bond donors (Lipinski definition) is 2. The monoisotopic (exact) mass is 129 g/mol. The summed E-state index contributed by atoms with van der Waals surface area (Å²) in [6.45, 7) is 2.43. The number of rotatable bonds is 1. The highest BCUT2D eigenvalue weighted by Crippen LogP contribution is 2.10. The van der Waals surface area contributed by atoms with Crippen molar-refractivity contribution in [2.75, 3.05) is 13.6 Å². The Morgan fingerprint density at radius 1 is 1.78 bits per heavy atom. The second-order valence-corrected chi connectivity index (χ2v) is 1.97. The maximum atomic E-state index is 5.40. The summed E-state index contributed by atoms with van der Waals surface area (Å²) in [5, 5.41) is 1.62. The number of nitrogens with one attached hydrogen (secondary N) is 1. The van der Waals surface area contributed by atoms with E-state index in [0.717, 1.165) is 11.4 Å². The van der Waals surface area contributed by atoms with Gasteiger partial charge in [-0.15, -0.1) is 0 Å². The first-order valence-electron chi connectivity index (χ1n) is 2.82. The number of nitrogens with zero attached hydrogens (tertiary/aromatic N) is 1. The number of likely N-dealkylation sites (N-methyl/N-ethyl adjacent to an activating group) is 1. The summed E-state index contributed by atoms with van der Waals surface area (Å²) in [6, 6.07) is 0. The molecule has 1 aliphatic heterocycles. The van der Waals surface area contributed by atoms with E-state index < -0.39 is 0 Å². The smallest absolute Gasteiger partial charge is 0.0777 e. The summed E-state index contributed by atoms with van der Waals surface area (Å²) in [5.74, 6) is 0. The zero-order valence-electron chi connectivity index (χ0n) is 5.64. The third-order valence-corrected chi connectivity index (χ3v) is 1.34. The summed E-state index contributed by atoms with van der Waals surface area (Å²) in [4.78, 5) is 4.90. The van der Waals surface area contributed by atoms with Crippen LogP contribution < -0.4 is 11.2 Å². The molecule has 0 atom stereocenters. The van der Waals surface area contributed by atoms with Crippen LogP contribution in [0.2, 0.25) is 0 Å². The summed E-state index contributed by atoms with van der Waals surface area (Å²) < 4.78 is 0. The van der Waals surface area contributed by atoms with E-state index in [-0.39, 0.29) is 0 Å². The largest absolute Gasteiger partial charge is 0.325 e. The average Bonchev–Trinajstić information content (AvgIpc) is 2.12.